The van der Waals surface area contributed by atoms with Gasteiger partial charge in [0.2, 0.25) is 0 Å². The molecule has 0 spiro atoms. The van der Waals surface area contributed by atoms with Crippen LogP contribution in [-0.4, -0.2) is 53.5 Å². The topological polar surface area (TPSA) is 150 Å². The summed E-state index contributed by atoms with van der Waals surface area (Å²) in [4.78, 5) is 42.9. The van der Waals surface area contributed by atoms with Crippen molar-refractivity contribution < 1.29 is 38.9 Å². The number of esters is 1. The zero-order valence-electron chi connectivity index (χ0n) is 17.2. The maximum absolute atomic E-state index is 12.3. The van der Waals surface area contributed by atoms with Gasteiger partial charge < -0.3 is 19.0 Å². The second-order valence-corrected chi connectivity index (χ2v) is 7.58. The van der Waals surface area contributed by atoms with Crippen LogP contribution in [0.25, 0.3) is 0 Å². The molecule has 0 amide bonds. The zero-order chi connectivity index (χ0) is 22.0. The van der Waals surface area contributed by atoms with Crippen LogP contribution in [0.1, 0.15) is 71.1 Å². The predicted molar refractivity (Wildman–Crippen MR) is 100 cm³/mol. The molecule has 0 saturated carbocycles. The van der Waals surface area contributed by atoms with Gasteiger partial charge in [-0.15, -0.1) is 20.2 Å². The Kier molecular flexibility index (Phi) is 9.50. The molecule has 2 aliphatic rings. The van der Waals surface area contributed by atoms with Crippen LogP contribution in [0, 0.1) is 20.2 Å². The molecular weight excluding hydrogens is 404 g/mol. The molecule has 0 aromatic heterocycles. The maximum Gasteiger partial charge on any atom is 0.309 e. The molecule has 30 heavy (non-hydrogen) atoms. The molecule has 4 atom stereocenters. The van der Waals surface area contributed by atoms with Gasteiger partial charge in [0.15, 0.2) is 12.2 Å². The Bertz CT molecular complexity index is 589. The molecule has 0 radical (unpaired) electrons. The molecule has 12 heteroatoms. The van der Waals surface area contributed by atoms with Gasteiger partial charge in [-0.05, 0) is 6.42 Å². The van der Waals surface area contributed by atoms with Crippen molar-refractivity contribution in [1.82, 2.24) is 0 Å². The van der Waals surface area contributed by atoms with Crippen LogP contribution in [0.15, 0.2) is 0 Å². The van der Waals surface area contributed by atoms with Crippen LogP contribution in [0.2, 0.25) is 0 Å². The van der Waals surface area contributed by atoms with Crippen LogP contribution in [-0.2, 0) is 28.7 Å². The first-order chi connectivity index (χ1) is 14.4. The lowest BCUT2D eigenvalue weighted by Crippen LogP contribution is -2.51. The fourth-order valence-electron chi connectivity index (χ4n) is 3.78. The van der Waals surface area contributed by atoms with E-state index in [1.807, 2.05) is 0 Å². The van der Waals surface area contributed by atoms with Crippen LogP contribution in [0.4, 0.5) is 0 Å². The summed E-state index contributed by atoms with van der Waals surface area (Å²) in [5.41, 5.74) is 0. The van der Waals surface area contributed by atoms with E-state index in [4.69, 9.17) is 14.2 Å². The highest BCUT2D eigenvalue weighted by Crippen LogP contribution is 2.39. The monoisotopic (exact) mass is 434 g/mol. The van der Waals surface area contributed by atoms with Gasteiger partial charge >= 0.3 is 11.8 Å². The molecule has 0 bridgehead atoms. The summed E-state index contributed by atoms with van der Waals surface area (Å²) < 4.78 is 16.0. The molecule has 2 fully saturated rings. The summed E-state index contributed by atoms with van der Waals surface area (Å²) in [5.74, 6) is -2.77. The lowest BCUT2D eigenvalue weighted by molar-refractivity contribution is -0.796. The van der Waals surface area contributed by atoms with Gasteiger partial charge in [0.05, 0.1) is 6.61 Å². The largest absolute Gasteiger partial charge is 0.427 e. The number of carbonyl (C=O) groups is 1. The van der Waals surface area contributed by atoms with Gasteiger partial charge in [0, 0.05) is 6.42 Å². The van der Waals surface area contributed by atoms with Crippen molar-refractivity contribution in [3.05, 3.63) is 20.2 Å². The quantitative estimate of drug-likeness (QED) is 0.124. The SMILES string of the molecule is CCCCCCCCCCCC(=O)O[C@@]1(O[N+](=O)[O-])CO[C@@H]2[C@H](O[N+](=O)[O-])CO[C@@H]21. The van der Waals surface area contributed by atoms with E-state index in [9.17, 15) is 25.0 Å². The molecule has 0 aliphatic carbocycles. The Morgan fingerprint density at radius 3 is 2.23 bits per heavy atom. The van der Waals surface area contributed by atoms with Gasteiger partial charge in [0.1, 0.15) is 12.7 Å². The van der Waals surface area contributed by atoms with E-state index in [0.29, 0.717) is 6.42 Å². The van der Waals surface area contributed by atoms with E-state index in [-0.39, 0.29) is 13.0 Å². The van der Waals surface area contributed by atoms with E-state index in [2.05, 4.69) is 16.6 Å². The maximum atomic E-state index is 12.3. The summed E-state index contributed by atoms with van der Waals surface area (Å²) >= 11 is 0. The van der Waals surface area contributed by atoms with Crippen LogP contribution < -0.4 is 0 Å². The average molecular weight is 434 g/mol. The minimum atomic E-state index is -2.10. The van der Waals surface area contributed by atoms with E-state index < -0.39 is 46.8 Å². The predicted octanol–water partition coefficient (Wildman–Crippen LogP) is 2.73. The molecule has 172 valence electrons. The van der Waals surface area contributed by atoms with Crippen molar-refractivity contribution in [2.45, 2.75) is 95.2 Å². The Morgan fingerprint density at radius 2 is 1.63 bits per heavy atom. The molecule has 2 aliphatic heterocycles. The molecule has 0 unspecified atom stereocenters. The van der Waals surface area contributed by atoms with E-state index in [1.54, 1.807) is 0 Å². The van der Waals surface area contributed by atoms with Crippen molar-refractivity contribution in [1.29, 1.82) is 0 Å². The Labute approximate surface area is 174 Å². The smallest absolute Gasteiger partial charge is 0.309 e. The number of ether oxygens (including phenoxy) is 3. The molecule has 0 aromatic rings. The highest BCUT2D eigenvalue weighted by atomic mass is 17.0. The third kappa shape index (κ3) is 6.94. The van der Waals surface area contributed by atoms with E-state index in [0.717, 1.165) is 19.3 Å². The third-order valence-corrected chi connectivity index (χ3v) is 5.24. The van der Waals surface area contributed by atoms with E-state index in [1.165, 1.54) is 32.1 Å². The van der Waals surface area contributed by atoms with Crippen LogP contribution >= 0.6 is 0 Å². The molecule has 2 saturated heterocycles. The summed E-state index contributed by atoms with van der Waals surface area (Å²) in [7, 11) is 0. The zero-order valence-corrected chi connectivity index (χ0v) is 17.2. The van der Waals surface area contributed by atoms with Crippen LogP contribution in [0.3, 0.4) is 0 Å². The molecule has 2 rings (SSSR count). The van der Waals surface area contributed by atoms with Gasteiger partial charge in [0.25, 0.3) is 10.2 Å². The standard InChI is InChI=1S/C18H30N2O10/c1-2-3-4-5-6-7-8-9-10-11-15(21)28-18(30-20(24)25)13-27-16-14(29-19(22)23)12-26-17(16)18/h14,16-17H,2-13H2,1H3/t14-,16-,17+,18-/m1/s1. The lowest BCUT2D eigenvalue weighted by atomic mass is 10.1. The van der Waals surface area contributed by atoms with Gasteiger partial charge in [-0.2, -0.15) is 0 Å². The minimum Gasteiger partial charge on any atom is -0.427 e. The number of unbranched alkanes of at least 4 members (excludes halogenated alkanes) is 8. The Morgan fingerprint density at radius 1 is 1.00 bits per heavy atom. The van der Waals surface area contributed by atoms with Gasteiger partial charge in [-0.1, -0.05) is 58.3 Å². The molecule has 0 N–H and O–H groups in total. The fraction of sp³-hybridized carbons (Fsp3) is 0.944. The van der Waals surface area contributed by atoms with Crippen molar-refractivity contribution in [2.75, 3.05) is 13.2 Å². The molecule has 12 nitrogen and oxygen atoms in total. The summed E-state index contributed by atoms with van der Waals surface area (Å²) in [5, 5.41) is 19.4. The van der Waals surface area contributed by atoms with E-state index >= 15 is 0 Å². The summed E-state index contributed by atoms with van der Waals surface area (Å²) in [6.07, 6.45) is 6.45. The highest BCUT2D eigenvalue weighted by Gasteiger charge is 2.63. The first-order valence-corrected chi connectivity index (χ1v) is 10.5. The average Bonchev–Trinajstić information content (AvgIpc) is 3.21. The number of hydrogen-bond donors (Lipinski definition) is 0. The first kappa shape index (κ1) is 24.1. The first-order valence-electron chi connectivity index (χ1n) is 10.5. The van der Waals surface area contributed by atoms with Crippen molar-refractivity contribution in [2.24, 2.45) is 0 Å². The van der Waals surface area contributed by atoms with Crippen molar-refractivity contribution in [3.63, 3.8) is 0 Å². The van der Waals surface area contributed by atoms with Gasteiger partial charge in [-0.3, -0.25) is 9.63 Å². The lowest BCUT2D eigenvalue weighted by Gasteiger charge is -2.29. The molecule has 2 heterocycles. The normalized spacial score (nSPS) is 27.4. The highest BCUT2D eigenvalue weighted by molar-refractivity contribution is 5.69. The van der Waals surface area contributed by atoms with Crippen LogP contribution in [0.5, 0.6) is 0 Å². The second kappa shape index (κ2) is 11.8. The molecular formula is C18H30N2O10. The second-order valence-electron chi connectivity index (χ2n) is 7.58. The summed E-state index contributed by atoms with van der Waals surface area (Å²) in [6, 6.07) is 0. The third-order valence-electron chi connectivity index (χ3n) is 5.24. The number of carbonyl (C=O) groups excluding carboxylic acids is 1. The summed E-state index contributed by atoms with van der Waals surface area (Å²) in [6.45, 7) is 1.45. The minimum absolute atomic E-state index is 0.0743. The van der Waals surface area contributed by atoms with Crippen molar-refractivity contribution >= 4 is 5.97 Å². The van der Waals surface area contributed by atoms with Gasteiger partial charge in [-0.25, -0.2) is 0 Å². The Balaban J connectivity index is 1.78. The number of nitrogens with zero attached hydrogens (tertiary/aromatic N) is 2. The fourth-order valence-corrected chi connectivity index (χ4v) is 3.78. The number of hydrogen-bond acceptors (Lipinski definition) is 10. The molecule has 0 aromatic carbocycles. The Hall–Kier alpha value is -2.21. The number of rotatable bonds is 15. The number of fused-ring (bicyclic) bond motifs is 1. The van der Waals surface area contributed by atoms with Crippen molar-refractivity contribution in [3.8, 4) is 0 Å².